The minimum absolute atomic E-state index is 0.371. The van der Waals surface area contributed by atoms with Crippen LogP contribution in [0, 0.1) is 0 Å². The van der Waals surface area contributed by atoms with Crippen molar-refractivity contribution in [1.82, 2.24) is 19.9 Å². The largest absolute Gasteiger partial charge is 0.261 e. The summed E-state index contributed by atoms with van der Waals surface area (Å²) in [5.74, 6) is 0.923. The molecular formula is C9H7ClN4. The lowest BCUT2D eigenvalue weighted by Gasteiger charge is -1.99. The molecule has 5 heteroatoms. The zero-order valence-electron chi connectivity index (χ0n) is 7.26. The van der Waals surface area contributed by atoms with Crippen LogP contribution in [0.3, 0.4) is 0 Å². The van der Waals surface area contributed by atoms with Crippen LogP contribution in [-0.4, -0.2) is 19.9 Å². The van der Waals surface area contributed by atoms with Gasteiger partial charge in [-0.15, -0.1) is 11.6 Å². The first-order chi connectivity index (χ1) is 6.90. The Balaban J connectivity index is 2.42. The number of aromatic nitrogens is 4. The summed E-state index contributed by atoms with van der Waals surface area (Å²) in [6.45, 7) is 0. The molecule has 0 aliphatic rings. The van der Waals surface area contributed by atoms with E-state index in [-0.39, 0.29) is 0 Å². The summed E-state index contributed by atoms with van der Waals surface area (Å²) in [6, 6.07) is 1.77. The molecule has 0 saturated carbocycles. The van der Waals surface area contributed by atoms with Crippen molar-refractivity contribution in [3.63, 3.8) is 0 Å². The van der Waals surface area contributed by atoms with E-state index in [0.29, 0.717) is 17.4 Å². The third kappa shape index (κ3) is 1.85. The Morgan fingerprint density at radius 3 is 2.79 bits per heavy atom. The van der Waals surface area contributed by atoms with E-state index < -0.39 is 0 Å². The lowest BCUT2D eigenvalue weighted by molar-refractivity contribution is 1.06. The minimum Gasteiger partial charge on any atom is -0.261 e. The molecular weight excluding hydrogens is 200 g/mol. The minimum atomic E-state index is 0.371. The molecule has 4 nitrogen and oxygen atoms in total. The smallest absolute Gasteiger partial charge is 0.179 e. The first kappa shape index (κ1) is 9.02. The van der Waals surface area contributed by atoms with Gasteiger partial charge in [-0.2, -0.15) is 0 Å². The van der Waals surface area contributed by atoms with E-state index in [1.165, 1.54) is 0 Å². The number of rotatable bonds is 2. The lowest BCUT2D eigenvalue weighted by atomic mass is 10.4. The standard InChI is InChI=1S/C9H7ClN4/c10-5-7-1-2-13-9(14-7)8-6-11-3-4-12-8/h1-4,6H,5H2. The Labute approximate surface area is 86.0 Å². The van der Waals surface area contributed by atoms with Crippen LogP contribution in [-0.2, 0) is 5.88 Å². The summed E-state index contributed by atoms with van der Waals surface area (Å²) in [5.41, 5.74) is 1.43. The van der Waals surface area contributed by atoms with Crippen molar-refractivity contribution in [2.75, 3.05) is 0 Å². The molecule has 0 N–H and O–H groups in total. The maximum atomic E-state index is 5.66. The van der Waals surface area contributed by atoms with Gasteiger partial charge in [-0.25, -0.2) is 15.0 Å². The molecule has 0 bridgehead atoms. The van der Waals surface area contributed by atoms with Crippen LogP contribution < -0.4 is 0 Å². The highest BCUT2D eigenvalue weighted by Crippen LogP contribution is 2.09. The first-order valence-electron chi connectivity index (χ1n) is 4.04. The van der Waals surface area contributed by atoms with E-state index >= 15 is 0 Å². The van der Waals surface area contributed by atoms with Crippen molar-refractivity contribution in [1.29, 1.82) is 0 Å². The Bertz CT molecular complexity index is 418. The van der Waals surface area contributed by atoms with Gasteiger partial charge in [0.25, 0.3) is 0 Å². The topological polar surface area (TPSA) is 51.6 Å². The van der Waals surface area contributed by atoms with Gasteiger partial charge >= 0.3 is 0 Å². The third-order valence-electron chi connectivity index (χ3n) is 1.64. The molecule has 0 radical (unpaired) electrons. The third-order valence-corrected chi connectivity index (χ3v) is 1.92. The van der Waals surface area contributed by atoms with Crippen molar-refractivity contribution in [3.05, 3.63) is 36.5 Å². The highest BCUT2D eigenvalue weighted by Gasteiger charge is 2.02. The van der Waals surface area contributed by atoms with Gasteiger partial charge in [-0.3, -0.25) is 4.98 Å². The van der Waals surface area contributed by atoms with Crippen LogP contribution in [0.2, 0.25) is 0 Å². The van der Waals surface area contributed by atoms with Gasteiger partial charge in [0.05, 0.1) is 17.8 Å². The maximum Gasteiger partial charge on any atom is 0.179 e. The van der Waals surface area contributed by atoms with Crippen molar-refractivity contribution in [2.45, 2.75) is 5.88 Å². The Morgan fingerprint density at radius 2 is 2.07 bits per heavy atom. The average Bonchev–Trinajstić information content (AvgIpc) is 2.30. The van der Waals surface area contributed by atoms with E-state index in [1.54, 1.807) is 30.9 Å². The molecule has 0 aliphatic heterocycles. The fourth-order valence-corrected chi connectivity index (χ4v) is 1.16. The zero-order valence-corrected chi connectivity index (χ0v) is 8.02. The van der Waals surface area contributed by atoms with Crippen molar-refractivity contribution in [2.24, 2.45) is 0 Å². The second-order valence-electron chi connectivity index (χ2n) is 2.60. The normalized spacial score (nSPS) is 10.1. The molecule has 0 unspecified atom stereocenters. The lowest BCUT2D eigenvalue weighted by Crippen LogP contribution is -1.94. The first-order valence-corrected chi connectivity index (χ1v) is 4.58. The zero-order chi connectivity index (χ0) is 9.80. The van der Waals surface area contributed by atoms with E-state index in [0.717, 1.165) is 5.69 Å². The molecule has 2 aromatic heterocycles. The molecule has 2 aromatic rings. The molecule has 0 spiro atoms. The number of halogens is 1. The van der Waals surface area contributed by atoms with Crippen molar-refractivity contribution >= 4 is 11.6 Å². The fourth-order valence-electron chi connectivity index (χ4n) is 1.01. The predicted molar refractivity (Wildman–Crippen MR) is 52.6 cm³/mol. The molecule has 70 valence electrons. The number of hydrogen-bond donors (Lipinski definition) is 0. The molecule has 0 saturated heterocycles. The maximum absolute atomic E-state index is 5.66. The SMILES string of the molecule is ClCc1ccnc(-c2cnccn2)n1. The average molecular weight is 207 g/mol. The highest BCUT2D eigenvalue weighted by molar-refractivity contribution is 6.16. The van der Waals surface area contributed by atoms with E-state index in [1.807, 2.05) is 0 Å². The number of nitrogens with zero attached hydrogens (tertiary/aromatic N) is 4. The molecule has 0 atom stereocenters. The molecule has 0 aromatic carbocycles. The van der Waals surface area contributed by atoms with Gasteiger partial charge in [0.1, 0.15) is 5.69 Å². The van der Waals surface area contributed by atoms with E-state index in [4.69, 9.17) is 11.6 Å². The summed E-state index contributed by atoms with van der Waals surface area (Å²) >= 11 is 5.66. The second-order valence-corrected chi connectivity index (χ2v) is 2.86. The molecule has 2 heterocycles. The summed E-state index contributed by atoms with van der Waals surface area (Å²) in [6.07, 6.45) is 6.49. The van der Waals surface area contributed by atoms with Crippen LogP contribution in [0.4, 0.5) is 0 Å². The Kier molecular flexibility index (Phi) is 2.65. The van der Waals surface area contributed by atoms with E-state index in [2.05, 4.69) is 19.9 Å². The van der Waals surface area contributed by atoms with Gasteiger partial charge in [0, 0.05) is 18.6 Å². The number of alkyl halides is 1. The predicted octanol–water partition coefficient (Wildman–Crippen LogP) is 1.67. The monoisotopic (exact) mass is 206 g/mol. The van der Waals surface area contributed by atoms with Gasteiger partial charge in [-0.1, -0.05) is 0 Å². The van der Waals surface area contributed by atoms with Crippen LogP contribution >= 0.6 is 11.6 Å². The summed E-state index contributed by atoms with van der Waals surface area (Å²) < 4.78 is 0. The Morgan fingerprint density at radius 1 is 1.14 bits per heavy atom. The van der Waals surface area contributed by atoms with Gasteiger partial charge < -0.3 is 0 Å². The van der Waals surface area contributed by atoms with Crippen molar-refractivity contribution < 1.29 is 0 Å². The quantitative estimate of drug-likeness (QED) is 0.702. The molecule has 2 rings (SSSR count). The van der Waals surface area contributed by atoms with Gasteiger partial charge in [0.2, 0.25) is 0 Å². The van der Waals surface area contributed by atoms with Gasteiger partial charge in [0.15, 0.2) is 5.82 Å². The summed E-state index contributed by atoms with van der Waals surface area (Å²) in [4.78, 5) is 16.3. The Hall–Kier alpha value is -1.55. The molecule has 0 amide bonds. The molecule has 14 heavy (non-hydrogen) atoms. The second kappa shape index (κ2) is 4.11. The molecule has 0 fully saturated rings. The fraction of sp³-hybridized carbons (Fsp3) is 0.111. The summed E-state index contributed by atoms with van der Waals surface area (Å²) in [5, 5.41) is 0. The van der Waals surface area contributed by atoms with E-state index in [9.17, 15) is 0 Å². The molecule has 0 aliphatic carbocycles. The van der Waals surface area contributed by atoms with Crippen LogP contribution in [0.1, 0.15) is 5.69 Å². The van der Waals surface area contributed by atoms with Crippen molar-refractivity contribution in [3.8, 4) is 11.5 Å². The van der Waals surface area contributed by atoms with Crippen LogP contribution in [0.25, 0.3) is 11.5 Å². The van der Waals surface area contributed by atoms with Gasteiger partial charge in [-0.05, 0) is 6.07 Å². The highest BCUT2D eigenvalue weighted by atomic mass is 35.5. The van der Waals surface area contributed by atoms with Crippen LogP contribution in [0.15, 0.2) is 30.9 Å². The van der Waals surface area contributed by atoms with Crippen LogP contribution in [0.5, 0.6) is 0 Å². The summed E-state index contributed by atoms with van der Waals surface area (Å²) in [7, 11) is 0. The number of hydrogen-bond acceptors (Lipinski definition) is 4.